The molecule has 0 aliphatic rings. The Bertz CT molecular complexity index is 822. The number of para-hydroxylation sites is 1. The maximum Gasteiger partial charge on any atom is 0.269 e. The summed E-state index contributed by atoms with van der Waals surface area (Å²) in [5, 5.41) is 2.70. The molecule has 2 aromatic rings. The van der Waals surface area contributed by atoms with Gasteiger partial charge in [-0.05, 0) is 42.7 Å². The summed E-state index contributed by atoms with van der Waals surface area (Å²) in [4.78, 5) is 35.9. The lowest BCUT2D eigenvalue weighted by atomic mass is 10.1. The van der Waals surface area contributed by atoms with Gasteiger partial charge in [-0.3, -0.25) is 25.2 Å². The van der Waals surface area contributed by atoms with Gasteiger partial charge in [0.2, 0.25) is 11.8 Å². The average molecular weight is 397 g/mol. The summed E-state index contributed by atoms with van der Waals surface area (Å²) in [5.41, 5.74) is 5.70. The first-order chi connectivity index (χ1) is 13.9. The Labute approximate surface area is 170 Å². The summed E-state index contributed by atoms with van der Waals surface area (Å²) in [7, 11) is 0. The predicted octanol–water partition coefficient (Wildman–Crippen LogP) is 3.29. The van der Waals surface area contributed by atoms with Gasteiger partial charge in [0, 0.05) is 24.1 Å². The van der Waals surface area contributed by atoms with Crippen molar-refractivity contribution in [3.05, 3.63) is 60.2 Å². The van der Waals surface area contributed by atoms with Crippen molar-refractivity contribution >= 4 is 23.4 Å². The van der Waals surface area contributed by atoms with Crippen LogP contribution < -0.4 is 20.9 Å². The van der Waals surface area contributed by atoms with E-state index in [4.69, 9.17) is 4.74 Å². The van der Waals surface area contributed by atoms with Crippen LogP contribution in [0.25, 0.3) is 0 Å². The van der Waals surface area contributed by atoms with Crippen molar-refractivity contribution in [1.82, 2.24) is 10.9 Å². The molecule has 0 aromatic heterocycles. The Morgan fingerprint density at radius 2 is 1.62 bits per heavy atom. The molecule has 29 heavy (non-hydrogen) atoms. The minimum atomic E-state index is -0.457. The number of carbonyl (C=O) groups is 3. The van der Waals surface area contributed by atoms with Crippen LogP contribution in [0.15, 0.2) is 54.6 Å². The molecule has 0 fully saturated rings. The monoisotopic (exact) mass is 397 g/mol. The van der Waals surface area contributed by atoms with Gasteiger partial charge in [0.15, 0.2) is 0 Å². The molecular weight excluding hydrogens is 370 g/mol. The van der Waals surface area contributed by atoms with E-state index in [0.29, 0.717) is 29.5 Å². The van der Waals surface area contributed by atoms with E-state index in [1.807, 2.05) is 18.2 Å². The zero-order valence-electron chi connectivity index (χ0n) is 16.7. The van der Waals surface area contributed by atoms with Gasteiger partial charge in [-0.15, -0.1) is 0 Å². The highest BCUT2D eigenvalue weighted by molar-refractivity contribution is 5.96. The topological polar surface area (TPSA) is 96.5 Å². The highest BCUT2D eigenvalue weighted by Gasteiger charge is 2.10. The Kier molecular flexibility index (Phi) is 8.69. The Hall–Kier alpha value is -3.35. The first-order valence-electron chi connectivity index (χ1n) is 9.61. The van der Waals surface area contributed by atoms with Crippen LogP contribution in [0.1, 0.15) is 43.5 Å². The highest BCUT2D eigenvalue weighted by Crippen LogP contribution is 2.14. The molecule has 154 valence electrons. The summed E-state index contributed by atoms with van der Waals surface area (Å²) in [6.07, 6.45) is 0.886. The molecule has 7 heteroatoms. The standard InChI is InChI=1S/C22H27N3O4/c1-16(2)13-14-29-19-10-6-7-17(15-19)22(28)25-24-21(27)12-11-20(26)23-18-8-4-3-5-9-18/h3-10,15-16H,11-14H2,1-2H3,(H,23,26)(H,24,27)(H,25,28). The average Bonchev–Trinajstić information content (AvgIpc) is 2.71. The fourth-order valence-corrected chi connectivity index (χ4v) is 2.37. The van der Waals surface area contributed by atoms with Gasteiger partial charge in [-0.2, -0.15) is 0 Å². The molecule has 0 saturated carbocycles. The molecule has 3 N–H and O–H groups in total. The van der Waals surface area contributed by atoms with E-state index in [-0.39, 0.29) is 18.7 Å². The second-order valence-corrected chi connectivity index (χ2v) is 6.98. The number of anilines is 1. The molecule has 7 nitrogen and oxygen atoms in total. The summed E-state index contributed by atoms with van der Waals surface area (Å²) in [6, 6.07) is 15.7. The van der Waals surface area contributed by atoms with E-state index in [1.54, 1.807) is 36.4 Å². The van der Waals surface area contributed by atoms with Crippen molar-refractivity contribution in [3.63, 3.8) is 0 Å². The summed E-state index contributed by atoms with van der Waals surface area (Å²) < 4.78 is 5.64. The molecule has 2 rings (SSSR count). The third-order valence-electron chi connectivity index (χ3n) is 4.01. The number of benzene rings is 2. The molecule has 0 aliphatic heterocycles. The normalized spacial score (nSPS) is 10.3. The summed E-state index contributed by atoms with van der Waals surface area (Å²) in [5.74, 6) is -0.0510. The number of carbonyl (C=O) groups excluding carboxylic acids is 3. The van der Waals surface area contributed by atoms with Gasteiger partial charge in [0.1, 0.15) is 5.75 Å². The molecule has 0 aliphatic carbocycles. The fourth-order valence-electron chi connectivity index (χ4n) is 2.37. The summed E-state index contributed by atoms with van der Waals surface area (Å²) in [6.45, 7) is 4.80. The third-order valence-corrected chi connectivity index (χ3v) is 4.01. The molecule has 0 saturated heterocycles. The zero-order chi connectivity index (χ0) is 21.1. The predicted molar refractivity (Wildman–Crippen MR) is 111 cm³/mol. The number of hydrazine groups is 1. The van der Waals surface area contributed by atoms with Crippen molar-refractivity contribution in [2.45, 2.75) is 33.1 Å². The second-order valence-electron chi connectivity index (χ2n) is 6.98. The van der Waals surface area contributed by atoms with Gasteiger partial charge in [-0.1, -0.05) is 38.1 Å². The number of rotatable bonds is 9. The largest absolute Gasteiger partial charge is 0.494 e. The van der Waals surface area contributed by atoms with E-state index in [9.17, 15) is 14.4 Å². The Balaban J connectivity index is 1.72. The number of hydrogen-bond acceptors (Lipinski definition) is 4. The number of ether oxygens (including phenoxy) is 1. The number of nitrogens with one attached hydrogen (secondary N) is 3. The van der Waals surface area contributed by atoms with Gasteiger partial charge < -0.3 is 10.1 Å². The second kappa shape index (κ2) is 11.5. The SMILES string of the molecule is CC(C)CCOc1cccc(C(=O)NNC(=O)CCC(=O)Nc2ccccc2)c1. The van der Waals surface area contributed by atoms with E-state index in [0.717, 1.165) is 6.42 Å². The van der Waals surface area contributed by atoms with Crippen LogP contribution in [0.4, 0.5) is 5.69 Å². The molecular formula is C22H27N3O4. The van der Waals surface area contributed by atoms with Crippen molar-refractivity contribution in [2.24, 2.45) is 5.92 Å². The zero-order valence-corrected chi connectivity index (χ0v) is 16.7. The molecule has 0 heterocycles. The minimum absolute atomic E-state index is 0.00970. The first-order valence-corrected chi connectivity index (χ1v) is 9.61. The lowest BCUT2D eigenvalue weighted by molar-refractivity contribution is -0.124. The lowest BCUT2D eigenvalue weighted by Gasteiger charge is -2.10. The van der Waals surface area contributed by atoms with Gasteiger partial charge in [0.25, 0.3) is 5.91 Å². The van der Waals surface area contributed by atoms with Gasteiger partial charge >= 0.3 is 0 Å². The van der Waals surface area contributed by atoms with Crippen LogP contribution in [-0.4, -0.2) is 24.3 Å². The van der Waals surface area contributed by atoms with Crippen molar-refractivity contribution in [3.8, 4) is 5.75 Å². The van der Waals surface area contributed by atoms with Crippen LogP contribution in [-0.2, 0) is 9.59 Å². The lowest BCUT2D eigenvalue weighted by Crippen LogP contribution is -2.41. The maximum atomic E-state index is 12.2. The van der Waals surface area contributed by atoms with E-state index < -0.39 is 11.8 Å². The van der Waals surface area contributed by atoms with Crippen molar-refractivity contribution in [1.29, 1.82) is 0 Å². The first kappa shape index (κ1) is 21.9. The van der Waals surface area contributed by atoms with Crippen LogP contribution in [0.5, 0.6) is 5.75 Å². The number of amides is 3. The molecule has 0 atom stereocenters. The van der Waals surface area contributed by atoms with Crippen LogP contribution in [0.2, 0.25) is 0 Å². The smallest absolute Gasteiger partial charge is 0.269 e. The van der Waals surface area contributed by atoms with Crippen LogP contribution in [0.3, 0.4) is 0 Å². The highest BCUT2D eigenvalue weighted by atomic mass is 16.5. The molecule has 0 spiro atoms. The van der Waals surface area contributed by atoms with E-state index in [2.05, 4.69) is 30.0 Å². The quantitative estimate of drug-likeness (QED) is 0.566. The van der Waals surface area contributed by atoms with E-state index in [1.165, 1.54) is 0 Å². The number of hydrogen-bond donors (Lipinski definition) is 3. The van der Waals surface area contributed by atoms with Crippen molar-refractivity contribution < 1.29 is 19.1 Å². The molecule has 3 amide bonds. The van der Waals surface area contributed by atoms with Gasteiger partial charge in [-0.25, -0.2) is 0 Å². The molecule has 0 bridgehead atoms. The molecule has 0 radical (unpaired) electrons. The van der Waals surface area contributed by atoms with Crippen molar-refractivity contribution in [2.75, 3.05) is 11.9 Å². The van der Waals surface area contributed by atoms with E-state index >= 15 is 0 Å². The molecule has 0 unspecified atom stereocenters. The Morgan fingerprint density at radius 3 is 2.34 bits per heavy atom. The van der Waals surface area contributed by atoms with Crippen LogP contribution in [0, 0.1) is 5.92 Å². The summed E-state index contributed by atoms with van der Waals surface area (Å²) >= 11 is 0. The minimum Gasteiger partial charge on any atom is -0.494 e. The third kappa shape index (κ3) is 8.47. The maximum absolute atomic E-state index is 12.2. The Morgan fingerprint density at radius 1 is 0.897 bits per heavy atom. The van der Waals surface area contributed by atoms with Gasteiger partial charge in [0.05, 0.1) is 6.61 Å². The fraction of sp³-hybridized carbons (Fsp3) is 0.318. The van der Waals surface area contributed by atoms with Crippen LogP contribution >= 0.6 is 0 Å². The molecule has 2 aromatic carbocycles.